The highest BCUT2D eigenvalue weighted by Crippen LogP contribution is 2.16. The zero-order valence-corrected chi connectivity index (χ0v) is 10.2. The van der Waals surface area contributed by atoms with E-state index in [0.717, 1.165) is 12.8 Å². The van der Waals surface area contributed by atoms with Crippen LogP contribution in [0.4, 0.5) is 5.13 Å². The normalized spacial score (nSPS) is 11.5. The number of amides is 1. The van der Waals surface area contributed by atoms with Gasteiger partial charge >= 0.3 is 0 Å². The lowest BCUT2D eigenvalue weighted by atomic mass is 10.2. The summed E-state index contributed by atoms with van der Waals surface area (Å²) in [4.78, 5) is 15.5. The molecule has 1 rings (SSSR count). The Labute approximate surface area is 98.2 Å². The second kappa shape index (κ2) is 6.22. The van der Waals surface area contributed by atoms with E-state index in [1.807, 2.05) is 6.92 Å². The van der Waals surface area contributed by atoms with Crippen molar-refractivity contribution in [1.82, 2.24) is 4.98 Å². The summed E-state index contributed by atoms with van der Waals surface area (Å²) in [6, 6.07) is 0. The molecule has 0 bridgehead atoms. The van der Waals surface area contributed by atoms with Gasteiger partial charge in [0.15, 0.2) is 5.13 Å². The smallest absolute Gasteiger partial charge is 0.226 e. The SMILES string of the molecule is CCCCC(=O)Nc1nc(C(C)=NO)cs1. The minimum atomic E-state index is -0.0265. The first-order valence-corrected chi connectivity index (χ1v) is 5.99. The number of unbranched alkanes of at least 4 members (excludes halogenated alkanes) is 1. The molecule has 16 heavy (non-hydrogen) atoms. The number of carbonyl (C=O) groups excluding carboxylic acids is 1. The molecular formula is C10H15N3O2S. The van der Waals surface area contributed by atoms with Gasteiger partial charge in [-0.2, -0.15) is 0 Å². The number of rotatable bonds is 5. The van der Waals surface area contributed by atoms with Crippen LogP contribution >= 0.6 is 11.3 Å². The Balaban J connectivity index is 2.55. The quantitative estimate of drug-likeness (QED) is 0.472. The Hall–Kier alpha value is -1.43. The molecule has 0 aliphatic heterocycles. The van der Waals surface area contributed by atoms with E-state index in [2.05, 4.69) is 15.5 Å². The third-order valence-electron chi connectivity index (χ3n) is 2.03. The molecule has 1 amide bonds. The van der Waals surface area contributed by atoms with Crippen molar-refractivity contribution in [1.29, 1.82) is 0 Å². The largest absolute Gasteiger partial charge is 0.411 e. The molecule has 0 radical (unpaired) electrons. The maximum absolute atomic E-state index is 11.4. The maximum Gasteiger partial charge on any atom is 0.226 e. The number of oxime groups is 1. The number of anilines is 1. The lowest BCUT2D eigenvalue weighted by molar-refractivity contribution is -0.116. The molecule has 6 heteroatoms. The van der Waals surface area contributed by atoms with E-state index in [4.69, 9.17) is 5.21 Å². The van der Waals surface area contributed by atoms with Crippen LogP contribution in [0.3, 0.4) is 0 Å². The first kappa shape index (κ1) is 12.6. The molecule has 1 aromatic rings. The summed E-state index contributed by atoms with van der Waals surface area (Å²) in [7, 11) is 0. The van der Waals surface area contributed by atoms with Gasteiger partial charge in [0.25, 0.3) is 0 Å². The standard InChI is InChI=1S/C10H15N3O2S/c1-3-4-5-9(14)12-10-11-8(6-16-10)7(2)13-15/h6,15H,3-5H2,1-2H3,(H,11,12,14). The van der Waals surface area contributed by atoms with Gasteiger partial charge in [0.05, 0.1) is 0 Å². The highest BCUT2D eigenvalue weighted by molar-refractivity contribution is 7.14. The van der Waals surface area contributed by atoms with Gasteiger partial charge in [0.1, 0.15) is 11.4 Å². The molecule has 0 fully saturated rings. The van der Waals surface area contributed by atoms with Crippen LogP contribution in [-0.2, 0) is 4.79 Å². The number of hydrogen-bond acceptors (Lipinski definition) is 5. The van der Waals surface area contributed by atoms with Crippen LogP contribution in [-0.4, -0.2) is 21.8 Å². The summed E-state index contributed by atoms with van der Waals surface area (Å²) in [5.74, 6) is -0.0265. The number of aromatic nitrogens is 1. The predicted molar refractivity (Wildman–Crippen MR) is 64.3 cm³/mol. The Morgan fingerprint density at radius 3 is 3.06 bits per heavy atom. The molecule has 2 N–H and O–H groups in total. The first-order valence-electron chi connectivity index (χ1n) is 5.11. The number of hydrogen-bond donors (Lipinski definition) is 2. The van der Waals surface area contributed by atoms with Crippen LogP contribution < -0.4 is 5.32 Å². The van der Waals surface area contributed by atoms with Crippen molar-refractivity contribution in [3.05, 3.63) is 11.1 Å². The molecule has 88 valence electrons. The molecule has 0 saturated heterocycles. The zero-order valence-electron chi connectivity index (χ0n) is 9.36. The second-order valence-corrected chi connectivity index (χ2v) is 4.23. The van der Waals surface area contributed by atoms with Crippen molar-refractivity contribution >= 4 is 28.1 Å². The van der Waals surface area contributed by atoms with Crippen molar-refractivity contribution in [2.75, 3.05) is 5.32 Å². The highest BCUT2D eigenvalue weighted by atomic mass is 32.1. The molecule has 0 aromatic carbocycles. The molecule has 0 atom stereocenters. The van der Waals surface area contributed by atoms with Gasteiger partial charge in [-0.05, 0) is 13.3 Å². The Morgan fingerprint density at radius 2 is 2.44 bits per heavy atom. The van der Waals surface area contributed by atoms with Crippen molar-refractivity contribution in [3.8, 4) is 0 Å². The fraction of sp³-hybridized carbons (Fsp3) is 0.500. The molecule has 0 unspecified atom stereocenters. The fourth-order valence-corrected chi connectivity index (χ4v) is 1.84. The average molecular weight is 241 g/mol. The Morgan fingerprint density at radius 1 is 1.69 bits per heavy atom. The minimum Gasteiger partial charge on any atom is -0.411 e. The lowest BCUT2D eigenvalue weighted by Gasteiger charge is -1.99. The number of thiazole rings is 1. The van der Waals surface area contributed by atoms with Gasteiger partial charge in [-0.3, -0.25) is 4.79 Å². The lowest BCUT2D eigenvalue weighted by Crippen LogP contribution is -2.10. The fourth-order valence-electron chi connectivity index (χ4n) is 1.07. The van der Waals surface area contributed by atoms with E-state index in [-0.39, 0.29) is 5.91 Å². The molecule has 0 aliphatic rings. The van der Waals surface area contributed by atoms with E-state index in [9.17, 15) is 4.79 Å². The molecule has 5 nitrogen and oxygen atoms in total. The molecule has 0 aliphatic carbocycles. The van der Waals surface area contributed by atoms with Gasteiger partial charge in [-0.25, -0.2) is 4.98 Å². The van der Waals surface area contributed by atoms with Gasteiger partial charge < -0.3 is 10.5 Å². The monoisotopic (exact) mass is 241 g/mol. The maximum atomic E-state index is 11.4. The summed E-state index contributed by atoms with van der Waals surface area (Å²) < 4.78 is 0. The molecule has 0 saturated carbocycles. The topological polar surface area (TPSA) is 74.6 Å². The molecule has 1 aromatic heterocycles. The van der Waals surface area contributed by atoms with Crippen LogP contribution in [0, 0.1) is 0 Å². The molecule has 1 heterocycles. The predicted octanol–water partition coefficient (Wildman–Crippen LogP) is 2.47. The third kappa shape index (κ3) is 3.62. The van der Waals surface area contributed by atoms with E-state index < -0.39 is 0 Å². The summed E-state index contributed by atoms with van der Waals surface area (Å²) in [6.45, 7) is 3.69. The third-order valence-corrected chi connectivity index (χ3v) is 2.79. The molecule has 0 spiro atoms. The average Bonchev–Trinajstić information content (AvgIpc) is 2.73. The summed E-state index contributed by atoms with van der Waals surface area (Å²) in [5, 5.41) is 16.6. The van der Waals surface area contributed by atoms with Crippen molar-refractivity contribution in [2.45, 2.75) is 33.1 Å². The van der Waals surface area contributed by atoms with E-state index in [0.29, 0.717) is 23.0 Å². The van der Waals surface area contributed by atoms with Gasteiger partial charge in [-0.15, -0.1) is 11.3 Å². The van der Waals surface area contributed by atoms with E-state index >= 15 is 0 Å². The zero-order chi connectivity index (χ0) is 12.0. The van der Waals surface area contributed by atoms with Crippen LogP contribution in [0.5, 0.6) is 0 Å². The van der Waals surface area contributed by atoms with Crippen LogP contribution in [0.25, 0.3) is 0 Å². The summed E-state index contributed by atoms with van der Waals surface area (Å²) in [6.07, 6.45) is 2.38. The van der Waals surface area contributed by atoms with Crippen LogP contribution in [0.2, 0.25) is 0 Å². The number of carbonyl (C=O) groups is 1. The van der Waals surface area contributed by atoms with Crippen molar-refractivity contribution < 1.29 is 10.0 Å². The number of nitrogens with one attached hydrogen (secondary N) is 1. The van der Waals surface area contributed by atoms with Gasteiger partial charge in [0.2, 0.25) is 5.91 Å². The number of nitrogens with zero attached hydrogens (tertiary/aromatic N) is 2. The molecular weight excluding hydrogens is 226 g/mol. The van der Waals surface area contributed by atoms with Crippen LogP contribution in [0.15, 0.2) is 10.5 Å². The Bertz CT molecular complexity index is 387. The minimum absolute atomic E-state index is 0.0265. The van der Waals surface area contributed by atoms with Crippen molar-refractivity contribution in [2.24, 2.45) is 5.16 Å². The van der Waals surface area contributed by atoms with Gasteiger partial charge in [-0.1, -0.05) is 18.5 Å². The Kier molecular flexibility index (Phi) is 4.91. The van der Waals surface area contributed by atoms with Crippen molar-refractivity contribution in [3.63, 3.8) is 0 Å². The van der Waals surface area contributed by atoms with Crippen LogP contribution in [0.1, 0.15) is 38.8 Å². The van der Waals surface area contributed by atoms with Gasteiger partial charge in [0, 0.05) is 11.8 Å². The van der Waals surface area contributed by atoms with E-state index in [1.165, 1.54) is 11.3 Å². The highest BCUT2D eigenvalue weighted by Gasteiger charge is 2.07. The summed E-state index contributed by atoms with van der Waals surface area (Å²) in [5.41, 5.74) is 1.02. The first-order chi connectivity index (χ1) is 7.67. The van der Waals surface area contributed by atoms with E-state index in [1.54, 1.807) is 12.3 Å². The summed E-state index contributed by atoms with van der Waals surface area (Å²) >= 11 is 1.32. The second-order valence-electron chi connectivity index (χ2n) is 3.38.